The van der Waals surface area contributed by atoms with Crippen LogP contribution in [0.5, 0.6) is 0 Å². The van der Waals surface area contributed by atoms with Gasteiger partial charge in [-0.25, -0.2) is 0 Å². The van der Waals surface area contributed by atoms with E-state index in [0.717, 1.165) is 38.8 Å². The lowest BCUT2D eigenvalue weighted by atomic mass is 10.1. The van der Waals surface area contributed by atoms with Gasteiger partial charge in [-0.3, -0.25) is 9.59 Å². The third-order valence-corrected chi connectivity index (χ3v) is 5.09. The summed E-state index contributed by atoms with van der Waals surface area (Å²) in [4.78, 5) is 26.6. The molecule has 0 spiro atoms. The van der Waals surface area contributed by atoms with Crippen LogP contribution in [0.25, 0.3) is 0 Å². The lowest BCUT2D eigenvalue weighted by Gasteiger charge is -2.27. The van der Waals surface area contributed by atoms with Crippen molar-refractivity contribution in [2.24, 2.45) is 5.73 Å². The van der Waals surface area contributed by atoms with Crippen LogP contribution in [0, 0.1) is 0 Å². The zero-order chi connectivity index (χ0) is 17.8. The van der Waals surface area contributed by atoms with Crippen LogP contribution in [0.4, 0.5) is 5.69 Å². The summed E-state index contributed by atoms with van der Waals surface area (Å²) in [5.41, 5.74) is 6.60. The maximum atomic E-state index is 12.6. The quantitative estimate of drug-likeness (QED) is 0.858. The van der Waals surface area contributed by atoms with Crippen molar-refractivity contribution in [1.82, 2.24) is 4.90 Å². The first-order chi connectivity index (χ1) is 12.1. The number of nitrogens with two attached hydrogens (primary N) is 1. The molecule has 0 radical (unpaired) electrons. The Morgan fingerprint density at radius 1 is 1.24 bits per heavy atom. The summed E-state index contributed by atoms with van der Waals surface area (Å²) < 4.78 is 5.59. The lowest BCUT2D eigenvalue weighted by Crippen LogP contribution is -2.35. The molecule has 0 bridgehead atoms. The van der Waals surface area contributed by atoms with Gasteiger partial charge in [0.1, 0.15) is 6.10 Å². The molecule has 7 heteroatoms. The lowest BCUT2D eigenvalue weighted by molar-refractivity contribution is -0.126. The molecule has 25 heavy (non-hydrogen) atoms. The third-order valence-electron chi connectivity index (χ3n) is 4.77. The molecule has 2 atom stereocenters. The third kappa shape index (κ3) is 4.32. The van der Waals surface area contributed by atoms with Crippen molar-refractivity contribution in [3.05, 3.63) is 28.8 Å². The number of halogens is 1. The van der Waals surface area contributed by atoms with Gasteiger partial charge in [-0.2, -0.15) is 0 Å². The van der Waals surface area contributed by atoms with Crippen molar-refractivity contribution >= 4 is 29.1 Å². The average Bonchev–Trinajstić information content (AvgIpc) is 3.11. The maximum absolute atomic E-state index is 12.6. The molecule has 6 nitrogen and oxygen atoms in total. The molecule has 0 saturated carbocycles. The molecule has 3 N–H and O–H groups in total. The van der Waals surface area contributed by atoms with Crippen LogP contribution in [0.15, 0.2) is 18.2 Å². The Bertz CT molecular complexity index is 646. The number of piperidine rings is 1. The number of nitrogens with zero attached hydrogens (tertiary/aromatic N) is 1. The SMILES string of the molecule is NC[C@H]1CC[C@@H](C(=O)Nc2ccc(C(=O)N3CCCCC3)c(Cl)c2)O1. The molecule has 2 saturated heterocycles. The van der Waals surface area contributed by atoms with E-state index in [4.69, 9.17) is 22.1 Å². The summed E-state index contributed by atoms with van der Waals surface area (Å²) in [5, 5.41) is 3.15. The second kappa shape index (κ2) is 8.17. The number of hydrogen-bond donors (Lipinski definition) is 2. The van der Waals surface area contributed by atoms with Crippen LogP contribution < -0.4 is 11.1 Å². The Balaban J connectivity index is 1.63. The normalized spacial score (nSPS) is 23.5. The molecule has 1 aromatic rings. The second-order valence-electron chi connectivity index (χ2n) is 6.60. The highest BCUT2D eigenvalue weighted by atomic mass is 35.5. The summed E-state index contributed by atoms with van der Waals surface area (Å²) in [7, 11) is 0. The molecule has 3 rings (SSSR count). The van der Waals surface area contributed by atoms with Crippen LogP contribution >= 0.6 is 11.6 Å². The zero-order valence-corrected chi connectivity index (χ0v) is 14.9. The van der Waals surface area contributed by atoms with Crippen molar-refractivity contribution in [2.75, 3.05) is 25.0 Å². The van der Waals surface area contributed by atoms with Gasteiger partial charge in [-0.05, 0) is 50.3 Å². The smallest absolute Gasteiger partial charge is 0.255 e. The Hall–Kier alpha value is -1.63. The maximum Gasteiger partial charge on any atom is 0.255 e. The molecule has 0 aliphatic carbocycles. The molecule has 1 aromatic carbocycles. The molecule has 2 amide bonds. The Morgan fingerprint density at radius 3 is 2.64 bits per heavy atom. The Morgan fingerprint density at radius 2 is 2.00 bits per heavy atom. The number of nitrogens with one attached hydrogen (secondary N) is 1. The first-order valence-electron chi connectivity index (χ1n) is 8.83. The van der Waals surface area contributed by atoms with Crippen LogP contribution in [0.3, 0.4) is 0 Å². The van der Waals surface area contributed by atoms with Gasteiger partial charge >= 0.3 is 0 Å². The van der Waals surface area contributed by atoms with Gasteiger partial charge < -0.3 is 20.7 Å². The van der Waals surface area contributed by atoms with Gasteiger partial charge in [0, 0.05) is 25.3 Å². The van der Waals surface area contributed by atoms with Gasteiger partial charge in [-0.15, -0.1) is 0 Å². The number of rotatable bonds is 4. The number of carbonyl (C=O) groups is 2. The minimum atomic E-state index is -0.484. The van der Waals surface area contributed by atoms with E-state index in [-0.39, 0.29) is 17.9 Å². The number of hydrogen-bond acceptors (Lipinski definition) is 4. The van der Waals surface area contributed by atoms with Gasteiger partial charge in [-0.1, -0.05) is 11.6 Å². The van der Waals surface area contributed by atoms with Gasteiger partial charge in [0.25, 0.3) is 11.8 Å². The van der Waals surface area contributed by atoms with E-state index >= 15 is 0 Å². The molecule has 2 aliphatic heterocycles. The molecular weight excluding hydrogens is 342 g/mol. The number of likely N-dealkylation sites (tertiary alicyclic amines) is 1. The van der Waals surface area contributed by atoms with Crippen molar-refractivity contribution < 1.29 is 14.3 Å². The second-order valence-corrected chi connectivity index (χ2v) is 7.00. The molecule has 0 aromatic heterocycles. The number of ether oxygens (including phenoxy) is 1. The van der Waals surface area contributed by atoms with Crippen molar-refractivity contribution in [1.29, 1.82) is 0 Å². The molecule has 2 heterocycles. The fourth-order valence-corrected chi connectivity index (χ4v) is 3.59. The van der Waals surface area contributed by atoms with Gasteiger partial charge in [0.15, 0.2) is 0 Å². The van der Waals surface area contributed by atoms with Crippen molar-refractivity contribution in [3.8, 4) is 0 Å². The van der Waals surface area contributed by atoms with E-state index in [1.54, 1.807) is 18.2 Å². The van der Waals surface area contributed by atoms with E-state index in [0.29, 0.717) is 29.2 Å². The monoisotopic (exact) mass is 365 g/mol. The fraction of sp³-hybridized carbons (Fsp3) is 0.556. The summed E-state index contributed by atoms with van der Waals surface area (Å²) in [5.74, 6) is -0.255. The van der Waals surface area contributed by atoms with Gasteiger partial charge in [0.05, 0.1) is 16.7 Å². The molecule has 136 valence electrons. The summed E-state index contributed by atoms with van der Waals surface area (Å²) >= 11 is 6.29. The first-order valence-corrected chi connectivity index (χ1v) is 9.21. The average molecular weight is 366 g/mol. The Kier molecular flexibility index (Phi) is 5.93. The van der Waals surface area contributed by atoms with Crippen molar-refractivity contribution in [3.63, 3.8) is 0 Å². The number of anilines is 1. The number of carbonyl (C=O) groups excluding carboxylic acids is 2. The molecule has 2 aliphatic rings. The van der Waals surface area contributed by atoms with E-state index in [1.165, 1.54) is 0 Å². The minimum absolute atomic E-state index is 0.0486. The fourth-order valence-electron chi connectivity index (χ4n) is 3.33. The van der Waals surface area contributed by atoms with E-state index in [9.17, 15) is 9.59 Å². The van der Waals surface area contributed by atoms with Crippen LogP contribution in [-0.2, 0) is 9.53 Å². The summed E-state index contributed by atoms with van der Waals surface area (Å²) in [6.07, 6.45) is 4.14. The molecule has 0 unspecified atom stereocenters. The highest BCUT2D eigenvalue weighted by Crippen LogP contribution is 2.25. The molecular formula is C18H24ClN3O3. The van der Waals surface area contributed by atoms with Crippen molar-refractivity contribution in [2.45, 2.75) is 44.3 Å². The predicted octanol–water partition coefficient (Wildman–Crippen LogP) is 2.41. The highest BCUT2D eigenvalue weighted by molar-refractivity contribution is 6.34. The standard InChI is InChI=1S/C18H24ClN3O3/c19-15-10-12(21-17(23)16-7-5-13(11-20)25-16)4-6-14(15)18(24)22-8-2-1-3-9-22/h4,6,10,13,16H,1-3,5,7-9,11,20H2,(H,21,23)/t13-,16+/m1/s1. The van der Waals surface area contributed by atoms with Gasteiger partial charge in [0.2, 0.25) is 0 Å². The summed E-state index contributed by atoms with van der Waals surface area (Å²) in [6.45, 7) is 1.97. The van der Waals surface area contributed by atoms with Crippen LogP contribution in [0.2, 0.25) is 5.02 Å². The van der Waals surface area contributed by atoms with E-state index < -0.39 is 6.10 Å². The first kappa shape index (κ1) is 18.2. The predicted molar refractivity (Wildman–Crippen MR) is 96.8 cm³/mol. The molecule has 2 fully saturated rings. The highest BCUT2D eigenvalue weighted by Gasteiger charge is 2.30. The van der Waals surface area contributed by atoms with Crippen LogP contribution in [-0.4, -0.2) is 48.6 Å². The minimum Gasteiger partial charge on any atom is -0.364 e. The largest absolute Gasteiger partial charge is 0.364 e. The number of benzene rings is 1. The van der Waals surface area contributed by atoms with Crippen LogP contribution in [0.1, 0.15) is 42.5 Å². The van der Waals surface area contributed by atoms with E-state index in [1.807, 2.05) is 4.90 Å². The topological polar surface area (TPSA) is 84.7 Å². The van der Waals surface area contributed by atoms with E-state index in [2.05, 4.69) is 5.32 Å². The summed E-state index contributed by atoms with van der Waals surface area (Å²) in [6, 6.07) is 5.00. The zero-order valence-electron chi connectivity index (χ0n) is 14.2. The number of amides is 2. The Labute approximate surface area is 152 Å².